The van der Waals surface area contributed by atoms with E-state index in [4.69, 9.17) is 15.3 Å². The number of carbonyl (C=O) groups is 1. The smallest absolute Gasteiger partial charge is 0.354 e. The number of hydrogen-bond donors (Lipinski definition) is 3. The Hall–Kier alpha value is -1.46. The number of aliphatic hydroxyl groups is 2. The molecule has 0 fully saturated rings. The fourth-order valence-corrected chi connectivity index (χ4v) is 0.489. The molecule has 1 aromatic rings. The number of aliphatic hydroxyl groups excluding tert-OH is 2. The van der Waals surface area contributed by atoms with Crippen molar-refractivity contribution in [1.82, 2.24) is 4.98 Å². The van der Waals surface area contributed by atoms with E-state index in [1.165, 1.54) is 19.2 Å². The Morgan fingerprint density at radius 3 is 2.36 bits per heavy atom. The number of carboxylic acid groups (broad SMARTS) is 1. The van der Waals surface area contributed by atoms with Crippen LogP contribution in [0.2, 0.25) is 0 Å². The molecule has 0 amide bonds. The third kappa shape index (κ3) is 6.10. The summed E-state index contributed by atoms with van der Waals surface area (Å²) in [5, 5.41) is 24.3. The largest absolute Gasteiger partial charge is 0.477 e. The van der Waals surface area contributed by atoms with E-state index in [9.17, 15) is 4.79 Å². The van der Waals surface area contributed by atoms with E-state index in [-0.39, 0.29) is 12.3 Å². The molecular formula is C9H13NO4. The van der Waals surface area contributed by atoms with E-state index < -0.39 is 12.1 Å². The van der Waals surface area contributed by atoms with Crippen molar-refractivity contribution in [3.05, 3.63) is 30.1 Å². The van der Waals surface area contributed by atoms with Gasteiger partial charge in [-0.15, -0.1) is 0 Å². The van der Waals surface area contributed by atoms with Gasteiger partial charge in [-0.3, -0.25) is 0 Å². The molecule has 1 unspecified atom stereocenters. The molecule has 0 spiro atoms. The average molecular weight is 199 g/mol. The van der Waals surface area contributed by atoms with E-state index >= 15 is 0 Å². The normalized spacial score (nSPS) is 11.1. The SMILES string of the molecule is CC(O)CO.O=C(O)c1ccccn1. The minimum atomic E-state index is -0.990. The molecule has 0 aliphatic rings. The molecule has 0 bridgehead atoms. The molecular weight excluding hydrogens is 186 g/mol. The highest BCUT2D eigenvalue weighted by Crippen LogP contribution is 1.90. The molecule has 78 valence electrons. The van der Waals surface area contributed by atoms with Gasteiger partial charge in [0.25, 0.3) is 0 Å². The van der Waals surface area contributed by atoms with Crippen LogP contribution in [0.1, 0.15) is 17.4 Å². The minimum absolute atomic E-state index is 0.0810. The van der Waals surface area contributed by atoms with E-state index in [0.717, 1.165) is 0 Å². The summed E-state index contributed by atoms with van der Waals surface area (Å²) in [7, 11) is 0. The Morgan fingerprint density at radius 2 is 2.14 bits per heavy atom. The number of aromatic carboxylic acids is 1. The van der Waals surface area contributed by atoms with E-state index in [0.29, 0.717) is 0 Å². The number of hydrogen-bond acceptors (Lipinski definition) is 4. The van der Waals surface area contributed by atoms with Gasteiger partial charge in [-0.05, 0) is 19.1 Å². The van der Waals surface area contributed by atoms with Crippen LogP contribution in [0.15, 0.2) is 24.4 Å². The molecule has 1 rings (SSSR count). The lowest BCUT2D eigenvalue weighted by atomic mass is 10.4. The van der Waals surface area contributed by atoms with Crippen LogP contribution in [-0.2, 0) is 0 Å². The Bertz CT molecular complexity index is 261. The first-order valence-electron chi connectivity index (χ1n) is 4.01. The van der Waals surface area contributed by atoms with Gasteiger partial charge in [-0.1, -0.05) is 6.07 Å². The summed E-state index contributed by atoms with van der Waals surface area (Å²) in [5.41, 5.74) is 0.0810. The molecule has 1 atom stereocenters. The average Bonchev–Trinajstić information content (AvgIpc) is 2.20. The monoisotopic (exact) mass is 199 g/mol. The second-order valence-electron chi connectivity index (χ2n) is 2.55. The molecule has 1 heterocycles. The maximum Gasteiger partial charge on any atom is 0.354 e. The third-order valence-corrected chi connectivity index (χ3v) is 1.15. The Kier molecular flexibility index (Phi) is 6.26. The van der Waals surface area contributed by atoms with Crippen molar-refractivity contribution in [2.45, 2.75) is 13.0 Å². The van der Waals surface area contributed by atoms with Crippen molar-refractivity contribution in [3.8, 4) is 0 Å². The van der Waals surface area contributed by atoms with Crippen molar-refractivity contribution in [1.29, 1.82) is 0 Å². The second kappa shape index (κ2) is 6.99. The van der Waals surface area contributed by atoms with Crippen molar-refractivity contribution in [2.24, 2.45) is 0 Å². The first-order chi connectivity index (χ1) is 6.57. The van der Waals surface area contributed by atoms with Crippen LogP contribution in [0, 0.1) is 0 Å². The molecule has 0 radical (unpaired) electrons. The molecule has 1 aromatic heterocycles. The molecule has 0 saturated carbocycles. The summed E-state index contributed by atoms with van der Waals surface area (Å²) in [5.74, 6) is -0.990. The first-order valence-corrected chi connectivity index (χ1v) is 4.01. The molecule has 3 N–H and O–H groups in total. The lowest BCUT2D eigenvalue weighted by Gasteiger charge is -1.90. The quantitative estimate of drug-likeness (QED) is 0.630. The summed E-state index contributed by atoms with van der Waals surface area (Å²) in [4.78, 5) is 13.7. The van der Waals surface area contributed by atoms with Gasteiger partial charge in [0.15, 0.2) is 0 Å². The fourth-order valence-electron chi connectivity index (χ4n) is 0.489. The zero-order valence-electron chi connectivity index (χ0n) is 7.79. The van der Waals surface area contributed by atoms with E-state index in [1.54, 1.807) is 12.1 Å². The van der Waals surface area contributed by atoms with Gasteiger partial charge >= 0.3 is 5.97 Å². The summed E-state index contributed by atoms with van der Waals surface area (Å²) in [6.07, 6.45) is 0.888. The Balaban J connectivity index is 0.000000292. The topological polar surface area (TPSA) is 90.7 Å². The maximum absolute atomic E-state index is 10.1. The van der Waals surface area contributed by atoms with Gasteiger partial charge in [0.2, 0.25) is 0 Å². The lowest BCUT2D eigenvalue weighted by molar-refractivity contribution is 0.0690. The number of aromatic nitrogens is 1. The van der Waals surface area contributed by atoms with Gasteiger partial charge in [0.1, 0.15) is 5.69 Å². The lowest BCUT2D eigenvalue weighted by Crippen LogP contribution is -2.03. The van der Waals surface area contributed by atoms with Gasteiger partial charge in [0, 0.05) is 6.20 Å². The van der Waals surface area contributed by atoms with Crippen molar-refractivity contribution >= 4 is 5.97 Å². The molecule has 5 nitrogen and oxygen atoms in total. The highest BCUT2D eigenvalue weighted by Gasteiger charge is 1.98. The second-order valence-corrected chi connectivity index (χ2v) is 2.55. The van der Waals surface area contributed by atoms with Gasteiger partial charge in [-0.2, -0.15) is 0 Å². The third-order valence-electron chi connectivity index (χ3n) is 1.15. The zero-order valence-corrected chi connectivity index (χ0v) is 7.79. The summed E-state index contributed by atoms with van der Waals surface area (Å²) < 4.78 is 0. The van der Waals surface area contributed by atoms with Gasteiger partial charge in [0.05, 0.1) is 12.7 Å². The molecule has 0 aliphatic carbocycles. The number of carboxylic acids is 1. The maximum atomic E-state index is 10.1. The molecule has 14 heavy (non-hydrogen) atoms. The fraction of sp³-hybridized carbons (Fsp3) is 0.333. The van der Waals surface area contributed by atoms with Crippen LogP contribution in [0.5, 0.6) is 0 Å². The number of nitrogens with zero attached hydrogens (tertiary/aromatic N) is 1. The predicted molar refractivity (Wildman–Crippen MR) is 50.0 cm³/mol. The standard InChI is InChI=1S/C6H5NO2.C3H8O2/c8-6(9)5-3-1-2-4-7-5;1-3(5)2-4/h1-4H,(H,8,9);3-5H,2H2,1H3. The van der Waals surface area contributed by atoms with Crippen LogP contribution < -0.4 is 0 Å². The minimum Gasteiger partial charge on any atom is -0.477 e. The van der Waals surface area contributed by atoms with Crippen LogP contribution in [0.25, 0.3) is 0 Å². The molecule has 0 saturated heterocycles. The van der Waals surface area contributed by atoms with Crippen molar-refractivity contribution < 1.29 is 20.1 Å². The van der Waals surface area contributed by atoms with Crippen LogP contribution in [0.3, 0.4) is 0 Å². The summed E-state index contributed by atoms with van der Waals surface area (Å²) in [6.45, 7) is 1.39. The van der Waals surface area contributed by atoms with E-state index in [1.807, 2.05) is 0 Å². The van der Waals surface area contributed by atoms with Gasteiger partial charge in [-0.25, -0.2) is 9.78 Å². The first kappa shape index (κ1) is 12.5. The Morgan fingerprint density at radius 1 is 1.57 bits per heavy atom. The Labute approximate surface area is 81.7 Å². The molecule has 5 heteroatoms. The zero-order chi connectivity index (χ0) is 11.0. The number of rotatable bonds is 2. The highest BCUT2D eigenvalue weighted by molar-refractivity contribution is 5.85. The summed E-state index contributed by atoms with van der Waals surface area (Å²) >= 11 is 0. The molecule has 0 aromatic carbocycles. The van der Waals surface area contributed by atoms with Crippen LogP contribution in [-0.4, -0.2) is 39.0 Å². The summed E-state index contributed by atoms with van der Waals surface area (Å²) in [6, 6.07) is 4.76. The highest BCUT2D eigenvalue weighted by atomic mass is 16.4. The molecule has 0 aliphatic heterocycles. The van der Waals surface area contributed by atoms with Crippen molar-refractivity contribution in [3.63, 3.8) is 0 Å². The van der Waals surface area contributed by atoms with E-state index in [2.05, 4.69) is 4.98 Å². The van der Waals surface area contributed by atoms with Crippen LogP contribution in [0.4, 0.5) is 0 Å². The van der Waals surface area contributed by atoms with Gasteiger partial charge < -0.3 is 15.3 Å². The predicted octanol–water partition coefficient (Wildman–Crippen LogP) is 0.139. The number of pyridine rings is 1. The van der Waals surface area contributed by atoms with Crippen molar-refractivity contribution in [2.75, 3.05) is 6.61 Å². The van der Waals surface area contributed by atoms with Crippen LogP contribution >= 0.6 is 0 Å².